The van der Waals surface area contributed by atoms with E-state index >= 15 is 0 Å². The van der Waals surface area contributed by atoms with Crippen LogP contribution in [0.2, 0.25) is 0 Å². The van der Waals surface area contributed by atoms with E-state index in [0.29, 0.717) is 11.6 Å². The summed E-state index contributed by atoms with van der Waals surface area (Å²) in [6, 6.07) is 1.30. The van der Waals surface area contributed by atoms with E-state index in [4.69, 9.17) is 4.74 Å². The predicted molar refractivity (Wildman–Crippen MR) is 73.2 cm³/mol. The van der Waals surface area contributed by atoms with Crippen LogP contribution >= 0.6 is 0 Å². The molecule has 6 heteroatoms. The van der Waals surface area contributed by atoms with Crippen LogP contribution in [-0.2, 0) is 30.2 Å². The summed E-state index contributed by atoms with van der Waals surface area (Å²) in [5.74, 6) is 0.0680. The van der Waals surface area contributed by atoms with E-state index in [0.717, 1.165) is 23.0 Å². The largest absolute Gasteiger partial charge is 0.456 e. The summed E-state index contributed by atoms with van der Waals surface area (Å²) in [5.41, 5.74) is 0.550. The highest BCUT2D eigenvalue weighted by Crippen LogP contribution is 2.35. The summed E-state index contributed by atoms with van der Waals surface area (Å²) in [4.78, 5) is 34.9. The Labute approximate surface area is 116 Å². The average Bonchev–Trinajstić information content (AvgIpc) is 3.23. The Morgan fingerprint density at radius 2 is 2.00 bits per heavy atom. The Kier molecular flexibility index (Phi) is 3.92. The highest BCUT2D eigenvalue weighted by Gasteiger charge is 2.23. The third-order valence-corrected chi connectivity index (χ3v) is 3.55. The molecule has 0 radical (unpaired) electrons. The average molecular weight is 278 g/mol. The molecule has 0 saturated heterocycles. The van der Waals surface area contributed by atoms with Gasteiger partial charge in [-0.05, 0) is 25.7 Å². The molecule has 20 heavy (non-hydrogen) atoms. The second kappa shape index (κ2) is 5.48. The quantitative estimate of drug-likeness (QED) is 0.593. The van der Waals surface area contributed by atoms with Crippen LogP contribution in [0.3, 0.4) is 0 Å². The number of rotatable bonds is 4. The van der Waals surface area contributed by atoms with Crippen LogP contribution in [0.5, 0.6) is 0 Å². The van der Waals surface area contributed by atoms with Gasteiger partial charge in [0.15, 0.2) is 0 Å². The van der Waals surface area contributed by atoms with Gasteiger partial charge in [-0.15, -0.1) is 0 Å². The number of carbonyl (C=O) groups is 1. The van der Waals surface area contributed by atoms with Crippen molar-refractivity contribution in [1.29, 1.82) is 0 Å². The lowest BCUT2D eigenvalue weighted by Gasteiger charge is -2.09. The maximum atomic E-state index is 11.7. The molecule has 0 aromatic carbocycles. The Balaban J connectivity index is 2.08. The molecule has 1 aliphatic carbocycles. The zero-order valence-corrected chi connectivity index (χ0v) is 11.9. The number of ether oxygens (including phenoxy) is 1. The molecule has 0 spiro atoms. The normalized spacial score (nSPS) is 15.2. The zero-order chi connectivity index (χ0) is 14.9. The van der Waals surface area contributed by atoms with Crippen LogP contribution in [0.25, 0.3) is 0 Å². The molecule has 1 heterocycles. The van der Waals surface area contributed by atoms with E-state index in [2.05, 4.69) is 0 Å². The summed E-state index contributed by atoms with van der Waals surface area (Å²) >= 11 is 0. The molecule has 108 valence electrons. The fourth-order valence-electron chi connectivity index (χ4n) is 1.95. The molecule has 2 rings (SSSR count). The first-order valence-corrected chi connectivity index (χ1v) is 6.51. The molecule has 1 aromatic heterocycles. The predicted octanol–water partition coefficient (Wildman–Crippen LogP) is 0.483. The van der Waals surface area contributed by atoms with Gasteiger partial charge in [0.05, 0.1) is 5.69 Å². The number of hydrogen-bond donors (Lipinski definition) is 0. The monoisotopic (exact) mass is 278 g/mol. The molecule has 1 aliphatic rings. The lowest BCUT2D eigenvalue weighted by Crippen LogP contribution is -2.38. The Morgan fingerprint density at radius 1 is 1.35 bits per heavy atom. The summed E-state index contributed by atoms with van der Waals surface area (Å²) in [5, 5.41) is 0. The first-order valence-electron chi connectivity index (χ1n) is 6.51. The minimum absolute atomic E-state index is 0.0882. The van der Waals surface area contributed by atoms with Gasteiger partial charge in [-0.2, -0.15) is 0 Å². The van der Waals surface area contributed by atoms with Crippen LogP contribution in [0, 0.1) is 5.92 Å². The summed E-state index contributed by atoms with van der Waals surface area (Å²) in [6.07, 6.45) is 3.73. The van der Waals surface area contributed by atoms with E-state index in [1.165, 1.54) is 30.8 Å². The van der Waals surface area contributed by atoms with Crippen LogP contribution in [0.1, 0.15) is 25.5 Å². The third-order valence-electron chi connectivity index (χ3n) is 3.55. The Bertz CT molecular complexity index is 677. The summed E-state index contributed by atoms with van der Waals surface area (Å²) < 4.78 is 7.38. The van der Waals surface area contributed by atoms with Crippen molar-refractivity contribution in [3.63, 3.8) is 0 Å². The number of nitrogens with zero attached hydrogens (tertiary/aromatic N) is 2. The van der Waals surface area contributed by atoms with Crippen molar-refractivity contribution in [2.75, 3.05) is 0 Å². The lowest BCUT2D eigenvalue weighted by molar-refractivity contribution is -0.139. The number of hydrogen-bond acceptors (Lipinski definition) is 4. The molecule has 1 aromatic rings. The molecule has 0 atom stereocenters. The molecule has 6 nitrogen and oxygen atoms in total. The highest BCUT2D eigenvalue weighted by molar-refractivity contribution is 5.82. The molecule has 0 unspecified atom stereocenters. The van der Waals surface area contributed by atoms with E-state index in [1.54, 1.807) is 0 Å². The van der Waals surface area contributed by atoms with Crippen LogP contribution in [0.4, 0.5) is 0 Å². The fraction of sp³-hybridized carbons (Fsp3) is 0.500. The van der Waals surface area contributed by atoms with E-state index in [9.17, 15) is 14.4 Å². The molecule has 0 N–H and O–H groups in total. The van der Waals surface area contributed by atoms with Crippen molar-refractivity contribution in [2.24, 2.45) is 20.0 Å². The van der Waals surface area contributed by atoms with E-state index in [1.807, 2.05) is 6.92 Å². The molecule has 0 aliphatic heterocycles. The second-order valence-corrected chi connectivity index (χ2v) is 5.14. The first-order chi connectivity index (χ1) is 9.40. The standard InChI is InChI=1S/C14H18N2O4/c1-9(10-4-5-10)6-13(18)20-8-11-7-12(17)16(3)14(19)15(11)2/h6-7,10H,4-5,8H2,1-3H3/b9-6-. The lowest BCUT2D eigenvalue weighted by atomic mass is 10.2. The first kappa shape index (κ1) is 14.3. The Hall–Kier alpha value is -2.11. The van der Waals surface area contributed by atoms with Gasteiger partial charge in [-0.3, -0.25) is 13.9 Å². The second-order valence-electron chi connectivity index (χ2n) is 5.14. The maximum Gasteiger partial charge on any atom is 0.331 e. The molecule has 0 amide bonds. The van der Waals surface area contributed by atoms with Gasteiger partial charge in [-0.25, -0.2) is 9.59 Å². The van der Waals surface area contributed by atoms with Crippen molar-refractivity contribution in [1.82, 2.24) is 9.13 Å². The summed E-state index contributed by atoms with van der Waals surface area (Å²) in [7, 11) is 2.94. The van der Waals surface area contributed by atoms with Crippen LogP contribution < -0.4 is 11.2 Å². The number of aromatic nitrogens is 2. The molecular weight excluding hydrogens is 260 g/mol. The topological polar surface area (TPSA) is 70.3 Å². The van der Waals surface area contributed by atoms with Crippen LogP contribution in [0.15, 0.2) is 27.3 Å². The molecular formula is C14H18N2O4. The number of allylic oxidation sites excluding steroid dienone is 1. The van der Waals surface area contributed by atoms with Gasteiger partial charge in [0, 0.05) is 26.2 Å². The molecule has 1 saturated carbocycles. The third kappa shape index (κ3) is 3.07. The van der Waals surface area contributed by atoms with Gasteiger partial charge in [0.2, 0.25) is 0 Å². The van der Waals surface area contributed by atoms with Crippen molar-refractivity contribution >= 4 is 5.97 Å². The van der Waals surface area contributed by atoms with E-state index < -0.39 is 17.2 Å². The van der Waals surface area contributed by atoms with Crippen LogP contribution in [-0.4, -0.2) is 15.1 Å². The highest BCUT2D eigenvalue weighted by atomic mass is 16.5. The number of carbonyl (C=O) groups excluding carboxylic acids is 1. The number of esters is 1. The minimum Gasteiger partial charge on any atom is -0.456 e. The SMILES string of the molecule is C/C(=C/C(=O)OCc1cc(=O)n(C)c(=O)n1C)C1CC1. The maximum absolute atomic E-state index is 11.7. The molecule has 1 fully saturated rings. The Morgan fingerprint density at radius 3 is 2.60 bits per heavy atom. The van der Waals surface area contributed by atoms with E-state index in [-0.39, 0.29) is 6.61 Å². The summed E-state index contributed by atoms with van der Waals surface area (Å²) in [6.45, 7) is 1.82. The van der Waals surface area contributed by atoms with Gasteiger partial charge in [0.1, 0.15) is 6.61 Å². The van der Waals surface area contributed by atoms with Gasteiger partial charge in [-0.1, -0.05) is 5.57 Å². The minimum atomic E-state index is -0.442. The van der Waals surface area contributed by atoms with Crippen molar-refractivity contribution in [2.45, 2.75) is 26.4 Å². The van der Waals surface area contributed by atoms with Gasteiger partial charge >= 0.3 is 11.7 Å². The zero-order valence-electron chi connectivity index (χ0n) is 11.9. The fourth-order valence-corrected chi connectivity index (χ4v) is 1.95. The smallest absolute Gasteiger partial charge is 0.331 e. The van der Waals surface area contributed by atoms with Crippen molar-refractivity contribution < 1.29 is 9.53 Å². The van der Waals surface area contributed by atoms with Crippen molar-refractivity contribution in [3.8, 4) is 0 Å². The van der Waals surface area contributed by atoms with Gasteiger partial charge < -0.3 is 4.74 Å². The molecule has 0 bridgehead atoms. The van der Waals surface area contributed by atoms with Crippen molar-refractivity contribution in [3.05, 3.63) is 44.2 Å². The van der Waals surface area contributed by atoms with Gasteiger partial charge in [0.25, 0.3) is 5.56 Å².